The second kappa shape index (κ2) is 11.8. The van der Waals surface area contributed by atoms with Crippen molar-refractivity contribution < 1.29 is 14.3 Å². The molecular weight excluding hydrogens is 550 g/mol. The predicted octanol–water partition coefficient (Wildman–Crippen LogP) is 3.92. The summed E-state index contributed by atoms with van der Waals surface area (Å²) in [5, 5.41) is 0. The molecule has 0 fully saturated rings. The van der Waals surface area contributed by atoms with E-state index < -0.39 is 6.04 Å². The van der Waals surface area contributed by atoms with E-state index >= 15 is 0 Å². The number of carbonyl (C=O) groups excluding carboxylic acids is 1. The van der Waals surface area contributed by atoms with Crippen molar-refractivity contribution >= 4 is 23.3 Å². The van der Waals surface area contributed by atoms with E-state index in [4.69, 9.17) is 14.5 Å². The third kappa shape index (κ3) is 4.96. The van der Waals surface area contributed by atoms with Gasteiger partial charge in [0.25, 0.3) is 11.5 Å². The first kappa shape index (κ1) is 29.1. The topological polar surface area (TPSA) is 91.0 Å². The molecule has 1 aliphatic rings. The molecule has 9 nitrogen and oxygen atoms in total. The van der Waals surface area contributed by atoms with Gasteiger partial charge in [-0.3, -0.25) is 19.1 Å². The molecule has 1 atom stereocenters. The van der Waals surface area contributed by atoms with Crippen LogP contribution in [0.4, 0.5) is 0 Å². The van der Waals surface area contributed by atoms with E-state index in [1.54, 1.807) is 42.0 Å². The van der Waals surface area contributed by atoms with Crippen LogP contribution < -0.4 is 24.4 Å². The molecule has 0 spiro atoms. The van der Waals surface area contributed by atoms with Crippen molar-refractivity contribution in [2.75, 3.05) is 27.3 Å². The second-order valence-electron chi connectivity index (χ2n) is 10.0. The van der Waals surface area contributed by atoms with Gasteiger partial charge in [0.05, 0.1) is 41.9 Å². The molecule has 3 aromatic heterocycles. The van der Waals surface area contributed by atoms with E-state index in [1.807, 2.05) is 65.1 Å². The zero-order valence-corrected chi connectivity index (χ0v) is 25.8. The number of likely N-dealkylation sites (N-methyl/N-ethyl adjacent to an activating group) is 1. The highest BCUT2D eigenvalue weighted by atomic mass is 32.1. The average molecular weight is 586 g/mol. The fraction of sp³-hybridized carbons (Fsp3) is 0.312. The number of methoxy groups -OCH3 is 2. The number of allylic oxidation sites excluding steroid dienone is 1. The number of benzene rings is 1. The highest BCUT2D eigenvalue weighted by Crippen LogP contribution is 2.38. The molecule has 0 N–H and O–H groups in total. The number of thiazole rings is 1. The third-order valence-electron chi connectivity index (χ3n) is 7.70. The fourth-order valence-corrected chi connectivity index (χ4v) is 6.62. The lowest BCUT2D eigenvalue weighted by atomic mass is 9.93. The molecule has 0 bridgehead atoms. The minimum atomic E-state index is -0.746. The summed E-state index contributed by atoms with van der Waals surface area (Å²) < 4.78 is 15.5. The van der Waals surface area contributed by atoms with Gasteiger partial charge in [-0.05, 0) is 82.7 Å². The summed E-state index contributed by atoms with van der Waals surface area (Å²) in [6.07, 6.45) is 5.47. The van der Waals surface area contributed by atoms with Crippen LogP contribution in [0.2, 0.25) is 0 Å². The van der Waals surface area contributed by atoms with E-state index in [1.165, 1.54) is 11.3 Å². The number of aromatic nitrogens is 3. The number of ether oxygens (including phenoxy) is 2. The van der Waals surface area contributed by atoms with Gasteiger partial charge in [-0.15, -0.1) is 0 Å². The van der Waals surface area contributed by atoms with Gasteiger partial charge in [0.1, 0.15) is 17.5 Å². The minimum Gasteiger partial charge on any atom is -0.497 e. The summed E-state index contributed by atoms with van der Waals surface area (Å²) in [7, 11) is 3.16. The van der Waals surface area contributed by atoms with Crippen LogP contribution in [0.3, 0.4) is 0 Å². The molecule has 5 rings (SSSR count). The number of hydrogen-bond acceptors (Lipinski definition) is 7. The highest BCUT2D eigenvalue weighted by molar-refractivity contribution is 7.07. The third-order valence-corrected chi connectivity index (χ3v) is 8.68. The van der Waals surface area contributed by atoms with Crippen LogP contribution in [0.15, 0.2) is 69.8 Å². The number of amides is 1. The molecule has 0 aliphatic carbocycles. The largest absolute Gasteiger partial charge is 0.497 e. The van der Waals surface area contributed by atoms with Gasteiger partial charge in [-0.25, -0.2) is 4.99 Å². The van der Waals surface area contributed by atoms with Gasteiger partial charge in [-0.2, -0.15) is 0 Å². The van der Waals surface area contributed by atoms with Crippen molar-refractivity contribution in [3.05, 3.63) is 102 Å². The number of rotatable bonds is 8. The lowest BCUT2D eigenvalue weighted by Crippen LogP contribution is -2.43. The van der Waals surface area contributed by atoms with E-state index in [-0.39, 0.29) is 11.5 Å². The molecule has 0 saturated carbocycles. The number of aryl methyl sites for hydroxylation is 1. The number of nitrogens with zero attached hydrogens (tertiary/aromatic N) is 5. The number of carbonyl (C=O) groups is 1. The Morgan fingerprint density at radius 2 is 1.86 bits per heavy atom. The smallest absolute Gasteiger partial charge is 0.271 e. The number of hydrogen-bond donors (Lipinski definition) is 0. The molecule has 42 heavy (non-hydrogen) atoms. The molecule has 0 unspecified atom stereocenters. The summed E-state index contributed by atoms with van der Waals surface area (Å²) in [5.74, 6) is 0.987. The Morgan fingerprint density at radius 3 is 2.50 bits per heavy atom. The Balaban J connectivity index is 1.76. The molecular formula is C32H35N5O4S. The highest BCUT2D eigenvalue weighted by Gasteiger charge is 2.36. The molecule has 0 radical (unpaired) electrons. The first-order chi connectivity index (χ1) is 20.2. The van der Waals surface area contributed by atoms with Crippen LogP contribution >= 0.6 is 11.3 Å². The molecule has 10 heteroatoms. The van der Waals surface area contributed by atoms with Gasteiger partial charge in [0.15, 0.2) is 4.80 Å². The monoisotopic (exact) mass is 585 g/mol. The van der Waals surface area contributed by atoms with Gasteiger partial charge >= 0.3 is 0 Å². The quantitative estimate of drug-likeness (QED) is 0.313. The van der Waals surface area contributed by atoms with Gasteiger partial charge in [-0.1, -0.05) is 11.3 Å². The second-order valence-corrected chi connectivity index (χ2v) is 11.0. The standard InChI is InChI=1S/C32H35N5O4S/c1-8-35(9-2)31(39)28-20(4)34-32-37(29(28)25-17-24(40-6)12-13-26(25)41-7)30(38)27(42-32)16-22-15-19(3)36(21(22)5)23-11-10-14-33-18-23/h10-18,29H,8-9H2,1-7H3/b27-16+/t29-/m1/s1. The van der Waals surface area contributed by atoms with E-state index in [0.717, 1.165) is 22.6 Å². The minimum absolute atomic E-state index is 0.162. The van der Waals surface area contributed by atoms with Gasteiger partial charge in [0, 0.05) is 36.2 Å². The molecule has 218 valence electrons. The Hall–Kier alpha value is -4.44. The molecule has 0 saturated heterocycles. The van der Waals surface area contributed by atoms with Crippen LogP contribution in [0.1, 0.15) is 49.3 Å². The summed E-state index contributed by atoms with van der Waals surface area (Å²) in [6.45, 7) is 10.8. The maximum absolute atomic E-state index is 14.3. The van der Waals surface area contributed by atoms with E-state index in [2.05, 4.69) is 15.6 Å². The van der Waals surface area contributed by atoms with Crippen molar-refractivity contribution in [1.29, 1.82) is 0 Å². The Bertz CT molecular complexity index is 1860. The van der Waals surface area contributed by atoms with Crippen molar-refractivity contribution in [3.63, 3.8) is 0 Å². The summed E-state index contributed by atoms with van der Waals surface area (Å²) >= 11 is 1.31. The molecule has 1 aliphatic heterocycles. The van der Waals surface area contributed by atoms with E-state index in [0.29, 0.717) is 50.8 Å². The molecule has 1 amide bonds. The molecule has 4 aromatic rings. The van der Waals surface area contributed by atoms with Crippen LogP contribution in [0, 0.1) is 13.8 Å². The summed E-state index contributed by atoms with van der Waals surface area (Å²) in [5.41, 5.74) is 5.35. The zero-order chi connectivity index (χ0) is 30.1. The fourth-order valence-electron chi connectivity index (χ4n) is 5.58. The SMILES string of the molecule is CCN(CC)C(=O)C1=C(C)N=c2s/c(=C/c3cc(C)n(-c4cccnc4)c3C)c(=O)n2[C@@H]1c1cc(OC)ccc1OC. The van der Waals surface area contributed by atoms with Gasteiger partial charge < -0.3 is 18.9 Å². The lowest BCUT2D eigenvalue weighted by molar-refractivity contribution is -0.127. The predicted molar refractivity (Wildman–Crippen MR) is 164 cm³/mol. The maximum Gasteiger partial charge on any atom is 0.271 e. The first-order valence-electron chi connectivity index (χ1n) is 13.9. The number of fused-ring (bicyclic) bond motifs is 1. The van der Waals surface area contributed by atoms with Crippen LogP contribution in [0.5, 0.6) is 11.5 Å². The number of pyridine rings is 1. The van der Waals surface area contributed by atoms with Crippen LogP contribution in [0.25, 0.3) is 11.8 Å². The average Bonchev–Trinajstić information content (AvgIpc) is 3.46. The Morgan fingerprint density at radius 1 is 1.10 bits per heavy atom. The normalized spacial score (nSPS) is 14.9. The van der Waals surface area contributed by atoms with Crippen LogP contribution in [-0.4, -0.2) is 52.2 Å². The Kier molecular flexibility index (Phi) is 8.17. The van der Waals surface area contributed by atoms with Crippen molar-refractivity contribution in [2.45, 2.75) is 40.7 Å². The van der Waals surface area contributed by atoms with Crippen LogP contribution in [-0.2, 0) is 4.79 Å². The summed E-state index contributed by atoms with van der Waals surface area (Å²) in [4.78, 5) is 39.5. The molecule has 4 heterocycles. The van der Waals surface area contributed by atoms with Gasteiger partial charge in [0.2, 0.25) is 0 Å². The molecule has 1 aromatic carbocycles. The van der Waals surface area contributed by atoms with Crippen molar-refractivity contribution in [2.24, 2.45) is 4.99 Å². The van der Waals surface area contributed by atoms with E-state index in [9.17, 15) is 9.59 Å². The zero-order valence-electron chi connectivity index (χ0n) is 25.0. The lowest BCUT2D eigenvalue weighted by Gasteiger charge is -2.30. The Labute approximate surface area is 248 Å². The van der Waals surface area contributed by atoms with Crippen molar-refractivity contribution in [1.82, 2.24) is 19.0 Å². The summed E-state index contributed by atoms with van der Waals surface area (Å²) in [6, 6.07) is 10.6. The first-order valence-corrected chi connectivity index (χ1v) is 14.7. The van der Waals surface area contributed by atoms with Crippen molar-refractivity contribution in [3.8, 4) is 17.2 Å². The maximum atomic E-state index is 14.3.